The molecule has 0 saturated carbocycles. The van der Waals surface area contributed by atoms with Crippen molar-refractivity contribution < 1.29 is 9.52 Å². The topological polar surface area (TPSA) is 36.6 Å². The molecule has 1 N–H and O–H groups in total. The Balaban J connectivity index is 2.02. The number of furan rings is 1. The average molecular weight is 297 g/mol. The summed E-state index contributed by atoms with van der Waals surface area (Å²) in [5.74, 6) is 7.91. The number of aliphatic hydroxyl groups is 1. The maximum Gasteiger partial charge on any atom is 0.129 e. The summed E-state index contributed by atoms with van der Waals surface area (Å²) in [4.78, 5) is 2.29. The summed E-state index contributed by atoms with van der Waals surface area (Å²) in [7, 11) is 0. The summed E-state index contributed by atoms with van der Waals surface area (Å²) in [5.41, 5.74) is 1.03. The lowest BCUT2D eigenvalue weighted by Gasteiger charge is -2.25. The summed E-state index contributed by atoms with van der Waals surface area (Å²) in [6, 6.07) is 14.2. The van der Waals surface area contributed by atoms with E-state index < -0.39 is 0 Å². The van der Waals surface area contributed by atoms with Crippen LogP contribution in [-0.2, 0) is 13.2 Å². The van der Waals surface area contributed by atoms with Crippen molar-refractivity contribution in [3.63, 3.8) is 0 Å². The Labute approximate surface area is 132 Å². The minimum Gasteiger partial charge on any atom is -0.462 e. The van der Waals surface area contributed by atoms with Gasteiger partial charge in [0.25, 0.3) is 0 Å². The van der Waals surface area contributed by atoms with E-state index in [9.17, 15) is 0 Å². The van der Waals surface area contributed by atoms with Crippen molar-refractivity contribution in [1.82, 2.24) is 4.90 Å². The molecule has 2 aromatic rings. The average Bonchev–Trinajstić information content (AvgIpc) is 3.02. The first kappa shape index (κ1) is 16.4. The third-order valence-corrected chi connectivity index (χ3v) is 3.73. The third kappa shape index (κ3) is 4.77. The first-order chi connectivity index (χ1) is 10.7. The van der Waals surface area contributed by atoms with Gasteiger partial charge in [0.1, 0.15) is 18.1 Å². The van der Waals surface area contributed by atoms with Crippen molar-refractivity contribution in [2.45, 2.75) is 39.5 Å². The number of nitrogens with zero attached hydrogens (tertiary/aromatic N) is 1. The van der Waals surface area contributed by atoms with Gasteiger partial charge in [-0.25, -0.2) is 0 Å². The Kier molecular flexibility index (Phi) is 6.27. The number of hydrogen-bond donors (Lipinski definition) is 1. The van der Waals surface area contributed by atoms with Crippen molar-refractivity contribution in [2.75, 3.05) is 6.54 Å². The van der Waals surface area contributed by atoms with Gasteiger partial charge in [0.2, 0.25) is 0 Å². The number of benzene rings is 1. The van der Waals surface area contributed by atoms with E-state index in [1.807, 2.05) is 42.5 Å². The fourth-order valence-corrected chi connectivity index (χ4v) is 2.18. The van der Waals surface area contributed by atoms with Crippen LogP contribution in [-0.4, -0.2) is 22.6 Å². The molecule has 0 fully saturated rings. The van der Waals surface area contributed by atoms with Crippen LogP contribution in [0, 0.1) is 11.8 Å². The highest BCUT2D eigenvalue weighted by Gasteiger charge is 2.13. The molecule has 22 heavy (non-hydrogen) atoms. The molecule has 1 heterocycles. The first-order valence-electron chi connectivity index (χ1n) is 7.69. The van der Waals surface area contributed by atoms with E-state index in [2.05, 4.69) is 30.6 Å². The summed E-state index contributed by atoms with van der Waals surface area (Å²) in [6.07, 6.45) is 1.06. The molecule has 0 saturated heterocycles. The predicted molar refractivity (Wildman–Crippen MR) is 88.1 cm³/mol. The maximum absolute atomic E-state index is 9.08. The van der Waals surface area contributed by atoms with Crippen molar-refractivity contribution in [3.05, 3.63) is 59.5 Å². The zero-order valence-electron chi connectivity index (χ0n) is 13.2. The lowest BCUT2D eigenvalue weighted by Crippen LogP contribution is -2.32. The van der Waals surface area contributed by atoms with Crippen molar-refractivity contribution in [1.29, 1.82) is 0 Å². The van der Waals surface area contributed by atoms with Gasteiger partial charge >= 0.3 is 0 Å². The molecule has 116 valence electrons. The summed E-state index contributed by atoms with van der Waals surface area (Å²) < 4.78 is 5.58. The van der Waals surface area contributed by atoms with Gasteiger partial charge in [-0.2, -0.15) is 0 Å². The molecule has 3 nitrogen and oxygen atoms in total. The van der Waals surface area contributed by atoms with Crippen molar-refractivity contribution in [2.24, 2.45) is 0 Å². The van der Waals surface area contributed by atoms with Crippen LogP contribution in [0.5, 0.6) is 0 Å². The summed E-state index contributed by atoms with van der Waals surface area (Å²) >= 11 is 0. The molecule has 2 rings (SSSR count). The predicted octanol–water partition coefficient (Wildman–Crippen LogP) is 3.42. The van der Waals surface area contributed by atoms with Crippen LogP contribution >= 0.6 is 0 Å². The fraction of sp³-hybridized carbons (Fsp3) is 0.368. The van der Waals surface area contributed by atoms with Gasteiger partial charge in [-0.3, -0.25) is 4.90 Å². The van der Waals surface area contributed by atoms with Crippen LogP contribution < -0.4 is 0 Å². The minimum atomic E-state index is -0.0584. The zero-order valence-corrected chi connectivity index (χ0v) is 13.2. The molecule has 0 aliphatic heterocycles. The molecule has 0 radical (unpaired) electrons. The smallest absolute Gasteiger partial charge is 0.129 e. The Hall–Kier alpha value is -2.02. The first-order valence-corrected chi connectivity index (χ1v) is 7.69. The lowest BCUT2D eigenvalue weighted by molar-refractivity contribution is 0.194. The van der Waals surface area contributed by atoms with Crippen LogP contribution in [0.2, 0.25) is 0 Å². The highest BCUT2D eigenvalue weighted by Crippen LogP contribution is 2.13. The molecule has 1 aromatic carbocycles. The van der Waals surface area contributed by atoms with Gasteiger partial charge in [0, 0.05) is 11.6 Å². The summed E-state index contributed by atoms with van der Waals surface area (Å²) in [5, 5.41) is 9.08. The van der Waals surface area contributed by atoms with Crippen LogP contribution in [0.4, 0.5) is 0 Å². The second-order valence-electron chi connectivity index (χ2n) is 5.36. The quantitative estimate of drug-likeness (QED) is 0.830. The van der Waals surface area contributed by atoms with E-state index in [4.69, 9.17) is 9.52 Å². The van der Waals surface area contributed by atoms with Crippen molar-refractivity contribution in [3.8, 4) is 11.8 Å². The zero-order chi connectivity index (χ0) is 15.8. The Morgan fingerprint density at radius 1 is 1.14 bits per heavy atom. The monoisotopic (exact) mass is 297 g/mol. The second-order valence-corrected chi connectivity index (χ2v) is 5.36. The molecule has 0 bridgehead atoms. The molecule has 3 heteroatoms. The highest BCUT2D eigenvalue weighted by atomic mass is 16.4. The van der Waals surface area contributed by atoms with Crippen LogP contribution in [0.25, 0.3) is 0 Å². The van der Waals surface area contributed by atoms with E-state index in [0.717, 1.165) is 17.7 Å². The molecule has 0 amide bonds. The number of hydrogen-bond acceptors (Lipinski definition) is 3. The van der Waals surface area contributed by atoms with Gasteiger partial charge in [0.05, 0.1) is 13.1 Å². The Morgan fingerprint density at radius 3 is 2.50 bits per heavy atom. The molecule has 0 aliphatic carbocycles. The molecule has 0 spiro atoms. The largest absolute Gasteiger partial charge is 0.462 e. The van der Waals surface area contributed by atoms with E-state index >= 15 is 0 Å². The van der Waals surface area contributed by atoms with E-state index in [0.29, 0.717) is 24.9 Å². The SMILES string of the molecule is CC[C@H](C)N(CC#Cc1ccccc1)Cc1ccc(CO)o1. The summed E-state index contributed by atoms with van der Waals surface area (Å²) in [6.45, 7) is 5.71. The minimum absolute atomic E-state index is 0.0584. The molecule has 0 aliphatic rings. The molecule has 0 unspecified atom stereocenters. The third-order valence-electron chi connectivity index (χ3n) is 3.73. The molecular formula is C19H23NO2. The lowest BCUT2D eigenvalue weighted by atomic mass is 10.2. The van der Waals surface area contributed by atoms with E-state index in [-0.39, 0.29) is 6.61 Å². The standard InChI is InChI=1S/C19H23NO2/c1-3-16(2)20(14-18-11-12-19(15-21)22-18)13-7-10-17-8-5-4-6-9-17/h4-6,8-9,11-12,16,21H,3,13-15H2,1-2H3/t16-/m0/s1. The van der Waals surface area contributed by atoms with Crippen LogP contribution in [0.15, 0.2) is 46.9 Å². The van der Waals surface area contributed by atoms with E-state index in [1.165, 1.54) is 0 Å². The van der Waals surface area contributed by atoms with Gasteiger partial charge in [-0.15, -0.1) is 0 Å². The normalized spacial score (nSPS) is 12.0. The van der Waals surface area contributed by atoms with Gasteiger partial charge in [-0.1, -0.05) is 37.0 Å². The second kappa shape index (κ2) is 8.43. The number of rotatable bonds is 6. The molecule has 1 aromatic heterocycles. The van der Waals surface area contributed by atoms with Crippen LogP contribution in [0.3, 0.4) is 0 Å². The number of aliphatic hydroxyl groups excluding tert-OH is 1. The molecular weight excluding hydrogens is 274 g/mol. The van der Waals surface area contributed by atoms with Gasteiger partial charge in [-0.05, 0) is 37.6 Å². The Morgan fingerprint density at radius 2 is 1.86 bits per heavy atom. The highest BCUT2D eigenvalue weighted by molar-refractivity contribution is 5.33. The fourth-order valence-electron chi connectivity index (χ4n) is 2.18. The Bertz CT molecular complexity index is 622. The molecule has 1 atom stereocenters. The maximum atomic E-state index is 9.08. The van der Waals surface area contributed by atoms with Crippen LogP contribution in [0.1, 0.15) is 37.4 Å². The van der Waals surface area contributed by atoms with Gasteiger partial charge in [0.15, 0.2) is 0 Å². The van der Waals surface area contributed by atoms with E-state index in [1.54, 1.807) is 0 Å². The van der Waals surface area contributed by atoms with Crippen molar-refractivity contribution >= 4 is 0 Å². The van der Waals surface area contributed by atoms with Gasteiger partial charge < -0.3 is 9.52 Å².